The molecule has 0 heterocycles. The van der Waals surface area contributed by atoms with Crippen molar-refractivity contribution in [1.82, 2.24) is 0 Å². The molecule has 0 atom stereocenters. The Bertz CT molecular complexity index is 834. The Morgan fingerprint density at radius 3 is 2.23 bits per heavy atom. The van der Waals surface area contributed by atoms with Gasteiger partial charge >= 0.3 is 0 Å². The number of amides is 1. The fourth-order valence-corrected chi connectivity index (χ4v) is 3.10. The number of rotatable bonds is 6. The molecule has 0 spiro atoms. The largest absolute Gasteiger partial charge is 0.495 e. The number of hydrogen-bond donors (Lipinski definition) is 0. The minimum Gasteiger partial charge on any atom is -0.495 e. The number of nitriles is 1. The molecule has 0 fully saturated rings. The molecular formula is C20H21BrN2O3. The molecule has 5 nitrogen and oxygen atoms in total. The predicted molar refractivity (Wildman–Crippen MR) is 105 cm³/mol. The van der Waals surface area contributed by atoms with Crippen LogP contribution in [0.5, 0.6) is 11.5 Å². The summed E-state index contributed by atoms with van der Waals surface area (Å²) in [7, 11) is 3.06. The fraction of sp³-hybridized carbons (Fsp3) is 0.300. The standard InChI is InChI=1S/C20H21BrN2O3/c1-13-6-7-16(10-14(13)2)23(9-5-8-22)20(24)15-11-17(25-3)19(21)18(12-15)26-4/h6-7,10-12H,5,9H2,1-4H3. The summed E-state index contributed by atoms with van der Waals surface area (Å²) >= 11 is 3.41. The van der Waals surface area contributed by atoms with Crippen molar-refractivity contribution < 1.29 is 14.3 Å². The lowest BCUT2D eigenvalue weighted by Crippen LogP contribution is -2.32. The van der Waals surface area contributed by atoms with Gasteiger partial charge in [0, 0.05) is 17.8 Å². The van der Waals surface area contributed by atoms with Crippen LogP contribution in [0.1, 0.15) is 27.9 Å². The average molecular weight is 417 g/mol. The van der Waals surface area contributed by atoms with Gasteiger partial charge in [-0.15, -0.1) is 0 Å². The van der Waals surface area contributed by atoms with Crippen LogP contribution in [-0.2, 0) is 0 Å². The summed E-state index contributed by atoms with van der Waals surface area (Å²) in [4.78, 5) is 14.8. The number of carbonyl (C=O) groups excluding carboxylic acids is 1. The molecule has 0 aliphatic rings. The van der Waals surface area contributed by atoms with Gasteiger partial charge in [0.25, 0.3) is 5.91 Å². The summed E-state index contributed by atoms with van der Waals surface area (Å²) in [6, 6.07) is 11.3. The van der Waals surface area contributed by atoms with E-state index in [0.717, 1.165) is 16.8 Å². The van der Waals surface area contributed by atoms with Crippen molar-refractivity contribution in [2.24, 2.45) is 0 Å². The second-order valence-corrected chi connectivity index (χ2v) is 6.62. The number of carbonyl (C=O) groups is 1. The van der Waals surface area contributed by atoms with Crippen LogP contribution in [0.2, 0.25) is 0 Å². The molecule has 2 aromatic rings. The van der Waals surface area contributed by atoms with Crippen molar-refractivity contribution in [2.75, 3.05) is 25.7 Å². The Labute approximate surface area is 162 Å². The maximum absolute atomic E-state index is 13.2. The first-order chi connectivity index (χ1) is 12.4. The summed E-state index contributed by atoms with van der Waals surface area (Å²) in [5.74, 6) is 0.800. The van der Waals surface area contributed by atoms with Crippen LogP contribution in [-0.4, -0.2) is 26.7 Å². The first kappa shape index (κ1) is 19.8. The molecule has 0 saturated heterocycles. The van der Waals surface area contributed by atoms with Gasteiger partial charge in [-0.05, 0) is 65.2 Å². The van der Waals surface area contributed by atoms with Crippen molar-refractivity contribution in [2.45, 2.75) is 20.3 Å². The molecule has 0 N–H and O–H groups in total. The minimum atomic E-state index is -0.215. The van der Waals surface area contributed by atoms with Gasteiger partial charge in [0.1, 0.15) is 16.0 Å². The van der Waals surface area contributed by atoms with Crippen molar-refractivity contribution in [3.63, 3.8) is 0 Å². The molecule has 6 heteroatoms. The molecule has 0 aliphatic heterocycles. The third-order valence-electron chi connectivity index (χ3n) is 4.19. The van der Waals surface area contributed by atoms with Crippen molar-refractivity contribution in [1.29, 1.82) is 5.26 Å². The molecule has 0 aromatic heterocycles. The summed E-state index contributed by atoms with van der Waals surface area (Å²) in [5.41, 5.74) is 3.42. The van der Waals surface area contributed by atoms with E-state index >= 15 is 0 Å². The van der Waals surface area contributed by atoms with E-state index in [-0.39, 0.29) is 12.3 Å². The molecule has 0 bridgehead atoms. The van der Waals surface area contributed by atoms with Crippen molar-refractivity contribution in [3.8, 4) is 17.6 Å². The van der Waals surface area contributed by atoms with E-state index in [0.29, 0.717) is 28.1 Å². The first-order valence-corrected chi connectivity index (χ1v) is 8.89. The Hall–Kier alpha value is -2.52. The van der Waals surface area contributed by atoms with Crippen molar-refractivity contribution in [3.05, 3.63) is 51.5 Å². The van der Waals surface area contributed by atoms with E-state index < -0.39 is 0 Å². The number of anilines is 1. The zero-order valence-electron chi connectivity index (χ0n) is 15.3. The number of ether oxygens (including phenoxy) is 2. The molecule has 136 valence electrons. The predicted octanol–water partition coefficient (Wildman–Crippen LogP) is 4.64. The third kappa shape index (κ3) is 4.17. The van der Waals surface area contributed by atoms with E-state index in [1.54, 1.807) is 17.0 Å². The Kier molecular flexibility index (Phi) is 6.64. The molecule has 26 heavy (non-hydrogen) atoms. The van der Waals surface area contributed by atoms with E-state index in [2.05, 4.69) is 22.0 Å². The second-order valence-electron chi connectivity index (χ2n) is 5.83. The minimum absolute atomic E-state index is 0.215. The van der Waals surface area contributed by atoms with Crippen LogP contribution in [0.25, 0.3) is 0 Å². The quantitative estimate of drug-likeness (QED) is 0.687. The van der Waals surface area contributed by atoms with Crippen LogP contribution in [0.15, 0.2) is 34.8 Å². The highest BCUT2D eigenvalue weighted by Crippen LogP contribution is 2.36. The molecule has 0 saturated carbocycles. The molecule has 0 radical (unpaired) electrons. The molecule has 0 unspecified atom stereocenters. The summed E-state index contributed by atoms with van der Waals surface area (Å²) in [6.45, 7) is 4.32. The summed E-state index contributed by atoms with van der Waals surface area (Å²) in [5, 5.41) is 8.98. The van der Waals surface area contributed by atoms with Gasteiger partial charge in [0.05, 0.1) is 26.7 Å². The highest BCUT2D eigenvalue weighted by Gasteiger charge is 2.21. The topological polar surface area (TPSA) is 62.6 Å². The maximum Gasteiger partial charge on any atom is 0.258 e. The Morgan fingerprint density at radius 1 is 1.12 bits per heavy atom. The SMILES string of the molecule is COc1cc(C(=O)N(CCC#N)c2ccc(C)c(C)c2)cc(OC)c1Br. The van der Waals surface area contributed by atoms with Crippen LogP contribution in [0.3, 0.4) is 0 Å². The number of methoxy groups -OCH3 is 2. The van der Waals surface area contributed by atoms with E-state index in [4.69, 9.17) is 14.7 Å². The van der Waals surface area contributed by atoms with Crippen LogP contribution in [0, 0.1) is 25.2 Å². The Balaban J connectivity index is 2.50. The van der Waals surface area contributed by atoms with Crippen LogP contribution >= 0.6 is 15.9 Å². The number of halogens is 1. The molecule has 2 aromatic carbocycles. The zero-order chi connectivity index (χ0) is 19.3. The van der Waals surface area contributed by atoms with Gasteiger partial charge in [0.15, 0.2) is 0 Å². The van der Waals surface area contributed by atoms with Crippen molar-refractivity contribution >= 4 is 27.5 Å². The number of aryl methyl sites for hydroxylation is 2. The smallest absolute Gasteiger partial charge is 0.258 e. The molecular weight excluding hydrogens is 396 g/mol. The second kappa shape index (κ2) is 8.72. The van der Waals surface area contributed by atoms with E-state index in [1.165, 1.54) is 14.2 Å². The fourth-order valence-electron chi connectivity index (χ4n) is 2.55. The molecule has 0 aliphatic carbocycles. The summed E-state index contributed by atoms with van der Waals surface area (Å²) < 4.78 is 11.3. The average Bonchev–Trinajstić information content (AvgIpc) is 2.64. The normalized spacial score (nSPS) is 10.2. The number of benzene rings is 2. The van der Waals surface area contributed by atoms with E-state index in [1.807, 2.05) is 32.0 Å². The van der Waals surface area contributed by atoms with Crippen LogP contribution in [0.4, 0.5) is 5.69 Å². The van der Waals surface area contributed by atoms with Gasteiger partial charge < -0.3 is 14.4 Å². The monoisotopic (exact) mass is 416 g/mol. The zero-order valence-corrected chi connectivity index (χ0v) is 16.9. The maximum atomic E-state index is 13.2. The number of nitrogens with zero attached hydrogens (tertiary/aromatic N) is 2. The summed E-state index contributed by atoms with van der Waals surface area (Å²) in [6.07, 6.45) is 0.240. The highest BCUT2D eigenvalue weighted by molar-refractivity contribution is 9.10. The molecule has 1 amide bonds. The van der Waals surface area contributed by atoms with Gasteiger partial charge in [-0.25, -0.2) is 0 Å². The molecule has 2 rings (SSSR count). The number of hydrogen-bond acceptors (Lipinski definition) is 4. The lowest BCUT2D eigenvalue weighted by atomic mass is 10.1. The first-order valence-electron chi connectivity index (χ1n) is 8.10. The van der Waals surface area contributed by atoms with Crippen LogP contribution < -0.4 is 14.4 Å². The third-order valence-corrected chi connectivity index (χ3v) is 4.97. The Morgan fingerprint density at radius 2 is 1.73 bits per heavy atom. The highest BCUT2D eigenvalue weighted by atomic mass is 79.9. The van der Waals surface area contributed by atoms with E-state index in [9.17, 15) is 4.79 Å². The van der Waals surface area contributed by atoms with Gasteiger partial charge in [0.2, 0.25) is 0 Å². The van der Waals surface area contributed by atoms with Gasteiger partial charge in [-0.2, -0.15) is 5.26 Å². The lowest BCUT2D eigenvalue weighted by Gasteiger charge is -2.23. The lowest BCUT2D eigenvalue weighted by molar-refractivity contribution is 0.0986. The van der Waals surface area contributed by atoms with Gasteiger partial charge in [-0.1, -0.05) is 6.07 Å². The van der Waals surface area contributed by atoms with Gasteiger partial charge in [-0.3, -0.25) is 4.79 Å².